The van der Waals surface area contributed by atoms with E-state index in [0.29, 0.717) is 12.8 Å². The molecule has 1 heterocycles. The second-order valence-electron chi connectivity index (χ2n) is 4.89. The van der Waals surface area contributed by atoms with Gasteiger partial charge in [0.15, 0.2) is 0 Å². The zero-order valence-corrected chi connectivity index (χ0v) is 12.4. The normalized spacial score (nSPS) is 36.6. The third kappa shape index (κ3) is 3.45. The molecule has 0 radical (unpaired) electrons. The summed E-state index contributed by atoms with van der Waals surface area (Å²) in [6.07, 6.45) is 3.35. The van der Waals surface area contributed by atoms with Gasteiger partial charge in [-0.25, -0.2) is 0 Å². The third-order valence-electron chi connectivity index (χ3n) is 3.96. The van der Waals surface area contributed by atoms with Gasteiger partial charge in [0, 0.05) is 6.54 Å². The molecule has 6 heteroatoms. The predicted molar refractivity (Wildman–Crippen MR) is 51.2 cm³/mol. The quantitative estimate of drug-likeness (QED) is 0.629. The van der Waals surface area contributed by atoms with Gasteiger partial charge in [0.25, 0.3) is 0 Å². The van der Waals surface area contributed by atoms with Crippen molar-refractivity contribution in [2.24, 2.45) is 5.41 Å². The molecule has 1 spiro atoms. The van der Waals surface area contributed by atoms with E-state index in [1.54, 1.807) is 0 Å². The van der Waals surface area contributed by atoms with Crippen molar-refractivity contribution in [1.29, 1.82) is 0 Å². The summed E-state index contributed by atoms with van der Waals surface area (Å²) < 4.78 is 37.4. The molecule has 0 bridgehead atoms. The van der Waals surface area contributed by atoms with Gasteiger partial charge in [-0.1, -0.05) is 18.7 Å². The van der Waals surface area contributed by atoms with E-state index in [0.717, 1.165) is 32.4 Å². The fraction of sp³-hybridized carbons (Fsp3) is 1.00. The molecule has 0 unspecified atom stereocenters. The topological polar surface area (TPSA) is 12.0 Å². The first-order valence-electron chi connectivity index (χ1n) is 5.43. The minimum absolute atomic E-state index is 0. The van der Waals surface area contributed by atoms with E-state index in [1.807, 2.05) is 0 Å². The molecule has 1 aliphatic heterocycles. The molecule has 1 saturated heterocycles. The van der Waals surface area contributed by atoms with Crippen LogP contribution in [0.15, 0.2) is 0 Å². The maximum atomic E-state index is 12.5. The van der Waals surface area contributed by atoms with Crippen LogP contribution in [0.5, 0.6) is 0 Å². The van der Waals surface area contributed by atoms with Gasteiger partial charge in [-0.2, -0.15) is 0 Å². The van der Waals surface area contributed by atoms with Crippen molar-refractivity contribution in [2.75, 3.05) is 13.1 Å². The van der Waals surface area contributed by atoms with E-state index in [9.17, 15) is 12.9 Å². The SMILES string of the molecule is F[B-](F)(F)C1CCC2(CCNC2)CC1.[K+]. The first-order chi connectivity index (χ1) is 6.52. The summed E-state index contributed by atoms with van der Waals surface area (Å²) in [6, 6.07) is 0. The van der Waals surface area contributed by atoms with Gasteiger partial charge in [-0.3, -0.25) is 0 Å². The van der Waals surface area contributed by atoms with E-state index in [1.165, 1.54) is 0 Å². The Morgan fingerprint density at radius 1 is 1.07 bits per heavy atom. The van der Waals surface area contributed by atoms with Crippen LogP contribution in [0.25, 0.3) is 0 Å². The van der Waals surface area contributed by atoms with E-state index in [4.69, 9.17) is 0 Å². The fourth-order valence-corrected chi connectivity index (χ4v) is 2.85. The zero-order valence-electron chi connectivity index (χ0n) is 9.24. The van der Waals surface area contributed by atoms with Gasteiger partial charge in [0.1, 0.15) is 0 Å². The van der Waals surface area contributed by atoms with E-state index in [2.05, 4.69) is 5.32 Å². The molecule has 15 heavy (non-hydrogen) atoms. The smallest absolute Gasteiger partial charge is 0.449 e. The Labute approximate surface area is 131 Å². The second kappa shape index (κ2) is 5.40. The second-order valence-corrected chi connectivity index (χ2v) is 4.89. The molecule has 2 rings (SSSR count). The molecule has 1 N–H and O–H groups in total. The van der Waals surface area contributed by atoms with Gasteiger partial charge >= 0.3 is 58.4 Å². The van der Waals surface area contributed by atoms with Crippen LogP contribution in [0.4, 0.5) is 12.9 Å². The number of nitrogens with one attached hydrogen (secondary N) is 1. The van der Waals surface area contributed by atoms with Crippen LogP contribution in [0, 0.1) is 5.41 Å². The molecule has 1 aliphatic carbocycles. The van der Waals surface area contributed by atoms with Crippen LogP contribution in [0.2, 0.25) is 5.82 Å². The average molecular weight is 245 g/mol. The fourth-order valence-electron chi connectivity index (χ4n) is 2.85. The first kappa shape index (κ1) is 14.5. The van der Waals surface area contributed by atoms with Crippen LogP contribution < -0.4 is 56.7 Å². The summed E-state index contributed by atoms with van der Waals surface area (Å²) in [7, 11) is 0. The average Bonchev–Trinajstić information content (AvgIpc) is 2.53. The van der Waals surface area contributed by atoms with Crippen LogP contribution in [-0.2, 0) is 0 Å². The number of hydrogen-bond donors (Lipinski definition) is 1. The Morgan fingerprint density at radius 2 is 1.67 bits per heavy atom. The molecular formula is C9H16BF3KN. The monoisotopic (exact) mass is 245 g/mol. The molecule has 0 atom stereocenters. The molecular weight excluding hydrogens is 229 g/mol. The minimum Gasteiger partial charge on any atom is -0.449 e. The van der Waals surface area contributed by atoms with E-state index >= 15 is 0 Å². The Balaban J connectivity index is 0.00000112. The molecule has 1 nitrogen and oxygen atoms in total. The molecule has 2 aliphatic rings. The number of hydrogen-bond acceptors (Lipinski definition) is 1. The predicted octanol–water partition coefficient (Wildman–Crippen LogP) is -0.238. The van der Waals surface area contributed by atoms with Crippen molar-refractivity contribution in [3.63, 3.8) is 0 Å². The summed E-state index contributed by atoms with van der Waals surface area (Å²) in [5, 5.41) is 3.26. The first-order valence-corrected chi connectivity index (χ1v) is 5.43. The van der Waals surface area contributed by atoms with Crippen molar-refractivity contribution in [3.8, 4) is 0 Å². The number of rotatable bonds is 1. The maximum absolute atomic E-state index is 12.5. The molecule has 82 valence electrons. The zero-order chi connectivity index (χ0) is 10.2. The van der Waals surface area contributed by atoms with Gasteiger partial charge in [0.2, 0.25) is 0 Å². The molecule has 2 fully saturated rings. The van der Waals surface area contributed by atoms with Crippen LogP contribution in [-0.4, -0.2) is 20.1 Å². The summed E-state index contributed by atoms with van der Waals surface area (Å²) in [5.41, 5.74) is 0.220. The summed E-state index contributed by atoms with van der Waals surface area (Å²) in [5.74, 6) is -0.971. The summed E-state index contributed by atoms with van der Waals surface area (Å²) in [6.45, 7) is -2.66. The minimum atomic E-state index is -4.59. The van der Waals surface area contributed by atoms with E-state index in [-0.39, 0.29) is 56.8 Å². The van der Waals surface area contributed by atoms with Crippen molar-refractivity contribution >= 4 is 6.98 Å². The Hall–Kier alpha value is 1.45. The largest absolute Gasteiger partial charge is 1.00 e. The Morgan fingerprint density at radius 3 is 2.07 bits per heavy atom. The van der Waals surface area contributed by atoms with Crippen molar-refractivity contribution in [2.45, 2.75) is 37.9 Å². The Bertz CT molecular complexity index is 206. The van der Waals surface area contributed by atoms with Gasteiger partial charge in [-0.05, 0) is 31.2 Å². The standard InChI is InChI=1S/C9H16BF3N.K/c11-10(12,13)8-1-3-9(4-2-8)5-6-14-7-9;/h8,14H,1-7H2;/q-1;+1. The van der Waals surface area contributed by atoms with Crippen LogP contribution >= 0.6 is 0 Å². The molecule has 0 aromatic heterocycles. The molecule has 0 amide bonds. The van der Waals surface area contributed by atoms with Crippen LogP contribution in [0.1, 0.15) is 32.1 Å². The molecule has 1 saturated carbocycles. The van der Waals surface area contributed by atoms with Crippen LogP contribution in [0.3, 0.4) is 0 Å². The molecule has 0 aromatic rings. The summed E-state index contributed by atoms with van der Waals surface area (Å²) >= 11 is 0. The third-order valence-corrected chi connectivity index (χ3v) is 3.96. The van der Waals surface area contributed by atoms with Crippen molar-refractivity contribution in [1.82, 2.24) is 5.32 Å². The van der Waals surface area contributed by atoms with Gasteiger partial charge in [0.05, 0.1) is 0 Å². The van der Waals surface area contributed by atoms with Crippen molar-refractivity contribution < 1.29 is 64.3 Å². The van der Waals surface area contributed by atoms with Crippen molar-refractivity contribution in [3.05, 3.63) is 0 Å². The maximum Gasteiger partial charge on any atom is 1.00 e. The number of halogens is 3. The van der Waals surface area contributed by atoms with Gasteiger partial charge in [-0.15, -0.1) is 0 Å². The van der Waals surface area contributed by atoms with Gasteiger partial charge < -0.3 is 18.3 Å². The summed E-state index contributed by atoms with van der Waals surface area (Å²) in [4.78, 5) is 0. The molecule has 0 aromatic carbocycles. The van der Waals surface area contributed by atoms with E-state index < -0.39 is 12.8 Å². The Kier molecular flexibility index (Phi) is 5.22.